The van der Waals surface area contributed by atoms with Crippen molar-refractivity contribution < 1.29 is 14.6 Å². The van der Waals surface area contributed by atoms with Crippen LogP contribution in [0.4, 0.5) is 10.5 Å². The number of carbonyl (C=O) groups excluding carboxylic acids is 1. The van der Waals surface area contributed by atoms with Crippen LogP contribution in [0.1, 0.15) is 0 Å². The van der Waals surface area contributed by atoms with E-state index >= 15 is 0 Å². The molecule has 2 aromatic carbocycles. The third-order valence-electron chi connectivity index (χ3n) is 3.44. The highest BCUT2D eigenvalue weighted by Gasteiger charge is 2.20. The first-order chi connectivity index (χ1) is 11.9. The van der Waals surface area contributed by atoms with Crippen LogP contribution in [0, 0.1) is 10.1 Å². The van der Waals surface area contributed by atoms with E-state index in [-0.39, 0.29) is 5.69 Å². The Morgan fingerprint density at radius 3 is 2.52 bits per heavy atom. The number of carbonyl (C=O) groups is 1. The lowest BCUT2D eigenvalue weighted by atomic mass is 10.2. The predicted molar refractivity (Wildman–Crippen MR) is 92.5 cm³/mol. The lowest BCUT2D eigenvalue weighted by molar-refractivity contribution is -0.384. The fourth-order valence-corrected chi connectivity index (χ4v) is 2.32. The molecule has 1 aromatic heterocycles. The quantitative estimate of drug-likeness (QED) is 0.527. The molecule has 0 spiro atoms. The van der Waals surface area contributed by atoms with Gasteiger partial charge in [-0.2, -0.15) is 4.73 Å². The number of hydrogen-bond acceptors (Lipinski definition) is 5. The van der Waals surface area contributed by atoms with Gasteiger partial charge in [0, 0.05) is 36.8 Å². The minimum atomic E-state index is -0.638. The highest BCUT2D eigenvalue weighted by Crippen LogP contribution is 2.27. The van der Waals surface area contributed by atoms with Gasteiger partial charge in [-0.3, -0.25) is 10.1 Å². The van der Waals surface area contributed by atoms with E-state index < -0.39 is 11.0 Å². The molecule has 128 valence electrons. The van der Waals surface area contributed by atoms with Crippen LogP contribution in [0.2, 0.25) is 5.02 Å². The summed E-state index contributed by atoms with van der Waals surface area (Å²) in [5.41, 5.74) is 1.29. The van der Waals surface area contributed by atoms with E-state index in [9.17, 15) is 14.9 Å². The average molecular weight is 361 g/mol. The van der Waals surface area contributed by atoms with Gasteiger partial charge in [-0.1, -0.05) is 11.6 Å². The molecular formula is C16H13ClN4O4. The first-order valence-electron chi connectivity index (χ1n) is 7.19. The van der Waals surface area contributed by atoms with Crippen LogP contribution < -0.4 is 4.84 Å². The molecule has 1 heterocycles. The molecular weight excluding hydrogens is 348 g/mol. The van der Waals surface area contributed by atoms with E-state index in [2.05, 4.69) is 4.98 Å². The molecule has 9 heteroatoms. The van der Waals surface area contributed by atoms with E-state index in [1.807, 2.05) is 0 Å². The third-order valence-corrected chi connectivity index (χ3v) is 3.70. The molecule has 3 rings (SSSR count). The second-order valence-electron chi connectivity index (χ2n) is 5.42. The first-order valence-corrected chi connectivity index (χ1v) is 7.57. The molecule has 0 unspecified atom stereocenters. The van der Waals surface area contributed by atoms with Gasteiger partial charge in [0.15, 0.2) is 5.82 Å². The molecule has 1 amide bonds. The van der Waals surface area contributed by atoms with E-state index in [0.717, 1.165) is 0 Å². The molecule has 0 aliphatic carbocycles. The summed E-state index contributed by atoms with van der Waals surface area (Å²) < 4.78 is 1.19. The fraction of sp³-hybridized carbons (Fsp3) is 0.125. The summed E-state index contributed by atoms with van der Waals surface area (Å²) in [5.74, 6) is 0.336. The van der Waals surface area contributed by atoms with Gasteiger partial charge in [-0.15, -0.1) is 0 Å². The van der Waals surface area contributed by atoms with Gasteiger partial charge >= 0.3 is 6.09 Å². The normalized spacial score (nSPS) is 10.7. The Morgan fingerprint density at radius 2 is 1.92 bits per heavy atom. The van der Waals surface area contributed by atoms with Crippen molar-refractivity contribution in [2.45, 2.75) is 0 Å². The molecule has 0 radical (unpaired) electrons. The van der Waals surface area contributed by atoms with Crippen LogP contribution in [0.15, 0.2) is 42.5 Å². The second-order valence-corrected chi connectivity index (χ2v) is 5.85. The minimum absolute atomic E-state index is 0.128. The van der Waals surface area contributed by atoms with Gasteiger partial charge in [0.2, 0.25) is 0 Å². The largest absolute Gasteiger partial charge is 0.434 e. The number of benzene rings is 2. The highest BCUT2D eigenvalue weighted by atomic mass is 35.5. The van der Waals surface area contributed by atoms with Crippen LogP contribution in [-0.4, -0.2) is 39.7 Å². The molecule has 8 nitrogen and oxygen atoms in total. The van der Waals surface area contributed by atoms with Gasteiger partial charge in [-0.25, -0.2) is 9.78 Å². The molecule has 0 N–H and O–H groups in total. The van der Waals surface area contributed by atoms with Gasteiger partial charge in [0.25, 0.3) is 5.69 Å². The van der Waals surface area contributed by atoms with Crippen molar-refractivity contribution in [1.82, 2.24) is 14.6 Å². The minimum Gasteiger partial charge on any atom is -0.315 e. The summed E-state index contributed by atoms with van der Waals surface area (Å²) >= 11 is 5.90. The number of aromatic nitrogens is 2. The molecule has 0 fully saturated rings. The van der Waals surface area contributed by atoms with Gasteiger partial charge in [-0.05, 0) is 30.3 Å². The number of halogens is 1. The number of hydrogen-bond donors (Lipinski definition) is 0. The maximum atomic E-state index is 12.0. The monoisotopic (exact) mass is 360 g/mol. The van der Waals surface area contributed by atoms with Crippen molar-refractivity contribution in [3.63, 3.8) is 0 Å². The smallest absolute Gasteiger partial charge is 0.315 e. The lowest BCUT2D eigenvalue weighted by Crippen LogP contribution is -2.31. The zero-order valence-electron chi connectivity index (χ0n) is 13.3. The summed E-state index contributed by atoms with van der Waals surface area (Å²) in [4.78, 5) is 33.6. The highest BCUT2D eigenvalue weighted by molar-refractivity contribution is 6.30. The zero-order valence-corrected chi connectivity index (χ0v) is 14.1. The zero-order chi connectivity index (χ0) is 18.1. The van der Waals surface area contributed by atoms with Crippen molar-refractivity contribution >= 4 is 34.4 Å². The number of fused-ring (bicyclic) bond motifs is 1. The summed E-state index contributed by atoms with van der Waals surface area (Å²) in [7, 11) is 3.07. The molecule has 0 saturated carbocycles. The summed E-state index contributed by atoms with van der Waals surface area (Å²) in [6, 6.07) is 11.0. The Morgan fingerprint density at radius 1 is 1.24 bits per heavy atom. The molecule has 25 heavy (non-hydrogen) atoms. The third kappa shape index (κ3) is 3.24. The predicted octanol–water partition coefficient (Wildman–Crippen LogP) is 3.38. The van der Waals surface area contributed by atoms with E-state index in [0.29, 0.717) is 27.4 Å². The fourth-order valence-electron chi connectivity index (χ4n) is 2.19. The number of non-ortho nitro benzene ring substituents is 1. The maximum Gasteiger partial charge on any atom is 0.434 e. The van der Waals surface area contributed by atoms with Crippen LogP contribution >= 0.6 is 11.6 Å². The van der Waals surface area contributed by atoms with Gasteiger partial charge in [0.1, 0.15) is 5.52 Å². The molecule has 0 aliphatic rings. The average Bonchev–Trinajstić information content (AvgIpc) is 2.93. The molecule has 3 aromatic rings. The van der Waals surface area contributed by atoms with E-state index in [1.165, 1.54) is 41.9 Å². The maximum absolute atomic E-state index is 12.0. The molecule has 0 saturated heterocycles. The van der Waals surface area contributed by atoms with Crippen molar-refractivity contribution in [3.05, 3.63) is 57.6 Å². The summed E-state index contributed by atoms with van der Waals surface area (Å²) in [6.45, 7) is 0. The molecule has 0 aliphatic heterocycles. The lowest BCUT2D eigenvalue weighted by Gasteiger charge is -2.13. The standard InChI is InChI=1S/C16H13ClN4O4/c1-19(2)16(22)25-20-14-9-12(21(23)24)7-8-13(14)18-15(20)10-3-5-11(17)6-4-10/h3-9H,1-2H3. The van der Waals surface area contributed by atoms with Gasteiger partial charge in [0.05, 0.1) is 10.4 Å². The number of imidazole rings is 1. The second kappa shape index (κ2) is 6.40. The molecule has 0 bridgehead atoms. The Balaban J connectivity index is 2.22. The van der Waals surface area contributed by atoms with Crippen molar-refractivity contribution in [3.8, 4) is 11.4 Å². The Labute approximate surface area is 147 Å². The topological polar surface area (TPSA) is 90.5 Å². The van der Waals surface area contributed by atoms with Crippen molar-refractivity contribution in [1.29, 1.82) is 0 Å². The number of nitro benzene ring substituents is 1. The number of amides is 1. The van der Waals surface area contributed by atoms with E-state index in [1.54, 1.807) is 24.3 Å². The summed E-state index contributed by atoms with van der Waals surface area (Å²) in [6.07, 6.45) is -0.638. The van der Waals surface area contributed by atoms with Crippen LogP contribution in [0.5, 0.6) is 0 Å². The number of rotatable bonds is 3. The van der Waals surface area contributed by atoms with Crippen molar-refractivity contribution in [2.24, 2.45) is 0 Å². The number of nitro groups is 1. The number of nitrogens with zero attached hydrogens (tertiary/aromatic N) is 4. The van der Waals surface area contributed by atoms with E-state index in [4.69, 9.17) is 16.4 Å². The Kier molecular flexibility index (Phi) is 4.28. The first kappa shape index (κ1) is 16.7. The summed E-state index contributed by atoms with van der Waals surface area (Å²) in [5, 5.41) is 11.6. The molecule has 0 atom stereocenters. The van der Waals surface area contributed by atoms with Crippen LogP contribution in [0.25, 0.3) is 22.4 Å². The Bertz CT molecular complexity index is 966. The van der Waals surface area contributed by atoms with Crippen LogP contribution in [0.3, 0.4) is 0 Å². The van der Waals surface area contributed by atoms with Crippen LogP contribution in [-0.2, 0) is 0 Å². The SMILES string of the molecule is CN(C)C(=O)On1c(-c2ccc(Cl)cc2)nc2ccc([N+](=O)[O-])cc21. The van der Waals surface area contributed by atoms with Crippen molar-refractivity contribution in [2.75, 3.05) is 14.1 Å². The van der Waals surface area contributed by atoms with Gasteiger partial charge < -0.3 is 9.74 Å². The Hall–Kier alpha value is -3.13.